The fourth-order valence-corrected chi connectivity index (χ4v) is 1.05. The molecule has 114 valence electrons. The minimum atomic E-state index is -1.41. The molecule has 0 aromatic carbocycles. The SMILES string of the molecule is CN(C(=O)O)c1nc(N(C)C(=O)O)nc(N(C)C(=O)O)n1. The minimum absolute atomic E-state index is 0.413. The standard InChI is InChI=1S/C9H12N6O6/c1-13(7(16)17)4-10-5(14(2)8(18)19)12-6(11-4)15(3)9(20)21/h1-3H3,(H,16,17)(H,18,19)(H,20,21). The molecular weight excluding hydrogens is 288 g/mol. The lowest BCUT2D eigenvalue weighted by atomic mass is 10.6. The fourth-order valence-electron chi connectivity index (χ4n) is 1.05. The normalized spacial score (nSPS) is 9.86. The van der Waals surface area contributed by atoms with Crippen LogP contribution < -0.4 is 14.7 Å². The van der Waals surface area contributed by atoms with Crippen molar-refractivity contribution in [2.45, 2.75) is 0 Å². The summed E-state index contributed by atoms with van der Waals surface area (Å²) in [5, 5.41) is 26.6. The second-order valence-corrected chi connectivity index (χ2v) is 3.76. The first-order valence-electron chi connectivity index (χ1n) is 5.31. The number of hydrogen-bond donors (Lipinski definition) is 3. The Kier molecular flexibility index (Phi) is 4.42. The predicted molar refractivity (Wildman–Crippen MR) is 69.1 cm³/mol. The zero-order valence-electron chi connectivity index (χ0n) is 11.2. The third kappa shape index (κ3) is 3.43. The summed E-state index contributed by atoms with van der Waals surface area (Å²) in [4.78, 5) is 45.5. The van der Waals surface area contributed by atoms with Crippen molar-refractivity contribution < 1.29 is 29.7 Å². The topological polar surface area (TPSA) is 160 Å². The highest BCUT2D eigenvalue weighted by Gasteiger charge is 2.22. The van der Waals surface area contributed by atoms with Gasteiger partial charge >= 0.3 is 18.3 Å². The zero-order valence-corrected chi connectivity index (χ0v) is 11.2. The Bertz CT molecular complexity index is 499. The van der Waals surface area contributed by atoms with Crippen molar-refractivity contribution in [1.29, 1.82) is 0 Å². The van der Waals surface area contributed by atoms with Crippen LogP contribution in [-0.2, 0) is 0 Å². The average Bonchev–Trinajstić information content (AvgIpc) is 2.43. The van der Waals surface area contributed by atoms with Crippen LogP contribution in [0.2, 0.25) is 0 Å². The van der Waals surface area contributed by atoms with Crippen LogP contribution in [0.3, 0.4) is 0 Å². The molecule has 0 radical (unpaired) electrons. The lowest BCUT2D eigenvalue weighted by Gasteiger charge is -2.18. The summed E-state index contributed by atoms with van der Waals surface area (Å²) in [6.45, 7) is 0. The van der Waals surface area contributed by atoms with E-state index in [2.05, 4.69) is 15.0 Å². The molecule has 0 unspecified atom stereocenters. The lowest BCUT2D eigenvalue weighted by Crippen LogP contribution is -2.33. The molecule has 0 aliphatic rings. The molecule has 0 bridgehead atoms. The molecule has 0 fully saturated rings. The average molecular weight is 300 g/mol. The molecule has 0 atom stereocenters. The van der Waals surface area contributed by atoms with E-state index in [1.165, 1.54) is 0 Å². The molecule has 0 saturated heterocycles. The summed E-state index contributed by atoms with van der Waals surface area (Å²) < 4.78 is 0. The van der Waals surface area contributed by atoms with Crippen molar-refractivity contribution in [3.05, 3.63) is 0 Å². The van der Waals surface area contributed by atoms with Crippen LogP contribution >= 0.6 is 0 Å². The Morgan fingerprint density at radius 3 is 1.00 bits per heavy atom. The number of carboxylic acid groups (broad SMARTS) is 3. The third-order valence-electron chi connectivity index (χ3n) is 2.36. The van der Waals surface area contributed by atoms with Gasteiger partial charge in [0.25, 0.3) is 0 Å². The Labute approximate surface area is 117 Å². The van der Waals surface area contributed by atoms with Gasteiger partial charge in [-0.25, -0.2) is 29.1 Å². The molecule has 12 heteroatoms. The molecule has 0 aliphatic carbocycles. The van der Waals surface area contributed by atoms with Crippen molar-refractivity contribution in [2.75, 3.05) is 35.8 Å². The molecule has 12 nitrogen and oxygen atoms in total. The van der Waals surface area contributed by atoms with Gasteiger partial charge in [-0.1, -0.05) is 0 Å². The summed E-state index contributed by atoms with van der Waals surface area (Å²) in [6, 6.07) is 0. The highest BCUT2D eigenvalue weighted by molar-refractivity contribution is 5.87. The van der Waals surface area contributed by atoms with E-state index in [-0.39, 0.29) is 0 Å². The maximum Gasteiger partial charge on any atom is 0.413 e. The molecule has 0 aliphatic heterocycles. The Morgan fingerprint density at radius 1 is 0.667 bits per heavy atom. The van der Waals surface area contributed by atoms with Gasteiger partial charge in [-0.15, -0.1) is 0 Å². The number of carbonyl (C=O) groups is 3. The Balaban J connectivity index is 3.42. The van der Waals surface area contributed by atoms with Crippen LogP contribution in [0.15, 0.2) is 0 Å². The van der Waals surface area contributed by atoms with Crippen LogP contribution in [0, 0.1) is 0 Å². The predicted octanol–water partition coefficient (Wildman–Crippen LogP) is 0.214. The van der Waals surface area contributed by atoms with Gasteiger partial charge in [0.15, 0.2) is 0 Å². The summed E-state index contributed by atoms with van der Waals surface area (Å²) in [5.41, 5.74) is 0. The van der Waals surface area contributed by atoms with E-state index >= 15 is 0 Å². The zero-order chi connectivity index (χ0) is 16.3. The van der Waals surface area contributed by atoms with E-state index in [1.807, 2.05) is 0 Å². The summed E-state index contributed by atoms with van der Waals surface area (Å²) in [7, 11) is 3.35. The van der Waals surface area contributed by atoms with Crippen LogP contribution in [0.25, 0.3) is 0 Å². The van der Waals surface area contributed by atoms with Gasteiger partial charge in [-0.2, -0.15) is 15.0 Å². The molecule has 0 spiro atoms. The molecule has 1 heterocycles. The van der Waals surface area contributed by atoms with E-state index in [4.69, 9.17) is 15.3 Å². The molecule has 3 amide bonds. The van der Waals surface area contributed by atoms with Gasteiger partial charge in [-0.05, 0) is 0 Å². The van der Waals surface area contributed by atoms with Gasteiger partial charge in [0.05, 0.1) is 0 Å². The summed E-state index contributed by atoms with van der Waals surface area (Å²) >= 11 is 0. The summed E-state index contributed by atoms with van der Waals surface area (Å²) in [6.07, 6.45) is -4.22. The van der Waals surface area contributed by atoms with Crippen LogP contribution in [0.1, 0.15) is 0 Å². The van der Waals surface area contributed by atoms with Crippen molar-refractivity contribution >= 4 is 36.1 Å². The van der Waals surface area contributed by atoms with E-state index < -0.39 is 36.1 Å². The first-order valence-corrected chi connectivity index (χ1v) is 5.31. The van der Waals surface area contributed by atoms with E-state index in [0.717, 1.165) is 21.1 Å². The monoisotopic (exact) mass is 300 g/mol. The smallest absolute Gasteiger partial charge is 0.413 e. The van der Waals surface area contributed by atoms with Crippen molar-refractivity contribution in [2.24, 2.45) is 0 Å². The van der Waals surface area contributed by atoms with Crippen LogP contribution in [-0.4, -0.2) is 69.7 Å². The first kappa shape index (κ1) is 15.9. The van der Waals surface area contributed by atoms with Crippen molar-refractivity contribution in [3.8, 4) is 0 Å². The number of nitrogens with zero attached hydrogens (tertiary/aromatic N) is 6. The highest BCUT2D eigenvalue weighted by Crippen LogP contribution is 2.17. The fraction of sp³-hybridized carbons (Fsp3) is 0.333. The third-order valence-corrected chi connectivity index (χ3v) is 2.36. The molecule has 1 aromatic heterocycles. The van der Waals surface area contributed by atoms with Crippen molar-refractivity contribution in [3.63, 3.8) is 0 Å². The molecular formula is C9H12N6O6. The second-order valence-electron chi connectivity index (χ2n) is 3.76. The van der Waals surface area contributed by atoms with Gasteiger partial charge in [-0.3, -0.25) is 0 Å². The molecule has 0 saturated carbocycles. The van der Waals surface area contributed by atoms with Crippen molar-refractivity contribution in [1.82, 2.24) is 15.0 Å². The maximum atomic E-state index is 10.9. The Hall–Kier alpha value is -3.18. The molecule has 1 aromatic rings. The molecule has 3 N–H and O–H groups in total. The number of rotatable bonds is 3. The number of anilines is 3. The minimum Gasteiger partial charge on any atom is -0.465 e. The van der Waals surface area contributed by atoms with E-state index in [9.17, 15) is 14.4 Å². The number of aromatic nitrogens is 3. The van der Waals surface area contributed by atoms with Gasteiger partial charge < -0.3 is 15.3 Å². The van der Waals surface area contributed by atoms with E-state index in [0.29, 0.717) is 14.7 Å². The number of amides is 3. The highest BCUT2D eigenvalue weighted by atomic mass is 16.4. The van der Waals surface area contributed by atoms with Crippen LogP contribution in [0.5, 0.6) is 0 Å². The van der Waals surface area contributed by atoms with Crippen LogP contribution in [0.4, 0.5) is 32.2 Å². The summed E-state index contributed by atoms with van der Waals surface area (Å²) in [5.74, 6) is -1.24. The second kappa shape index (κ2) is 5.85. The molecule has 1 rings (SSSR count). The maximum absolute atomic E-state index is 10.9. The Morgan fingerprint density at radius 2 is 0.857 bits per heavy atom. The van der Waals surface area contributed by atoms with E-state index in [1.54, 1.807) is 0 Å². The number of hydrogen-bond acceptors (Lipinski definition) is 6. The van der Waals surface area contributed by atoms with Gasteiger partial charge in [0, 0.05) is 21.1 Å². The lowest BCUT2D eigenvalue weighted by molar-refractivity contribution is 0.202. The molecule has 21 heavy (non-hydrogen) atoms. The largest absolute Gasteiger partial charge is 0.465 e. The quantitative estimate of drug-likeness (QED) is 0.708. The van der Waals surface area contributed by atoms with Gasteiger partial charge in [0.1, 0.15) is 0 Å². The first-order chi connectivity index (χ1) is 9.65. The van der Waals surface area contributed by atoms with Gasteiger partial charge in [0.2, 0.25) is 17.8 Å².